The average molecular weight is 179 g/mol. The Labute approximate surface area is 79.3 Å². The smallest absolute Gasteiger partial charge is 0.0857 e. The Morgan fingerprint density at radius 2 is 2.15 bits per heavy atom. The van der Waals surface area contributed by atoms with Gasteiger partial charge in [0.05, 0.1) is 5.71 Å². The summed E-state index contributed by atoms with van der Waals surface area (Å²) >= 11 is 0. The molecule has 2 aliphatic rings. The van der Waals surface area contributed by atoms with Gasteiger partial charge in [-0.3, -0.25) is 0 Å². The molecule has 0 aromatic rings. The number of fused-ring (bicyclic) bond motifs is 2. The number of oxime groups is 1. The molecule has 0 aliphatic heterocycles. The van der Waals surface area contributed by atoms with Crippen LogP contribution in [0.2, 0.25) is 0 Å². The van der Waals surface area contributed by atoms with Crippen molar-refractivity contribution in [2.75, 3.05) is 0 Å². The second-order valence-electron chi connectivity index (χ2n) is 5.04. The predicted molar refractivity (Wildman–Crippen MR) is 53.0 cm³/mol. The summed E-state index contributed by atoms with van der Waals surface area (Å²) < 4.78 is 0. The molecule has 72 valence electrons. The molecule has 0 saturated heterocycles. The van der Waals surface area contributed by atoms with E-state index in [-0.39, 0.29) is 10.8 Å². The van der Waals surface area contributed by atoms with Crippen LogP contribution in [-0.4, -0.2) is 10.9 Å². The van der Waals surface area contributed by atoms with Gasteiger partial charge in [-0.25, -0.2) is 0 Å². The Bertz CT molecular complexity index is 290. The first-order chi connectivity index (χ1) is 6.02. The van der Waals surface area contributed by atoms with Crippen molar-refractivity contribution >= 4 is 5.71 Å². The Hall–Kier alpha value is -0.790. The van der Waals surface area contributed by atoms with Crippen LogP contribution in [0.5, 0.6) is 0 Å². The minimum atomic E-state index is 0.0706. The van der Waals surface area contributed by atoms with E-state index < -0.39 is 0 Å². The monoisotopic (exact) mass is 179 g/mol. The molecule has 2 bridgehead atoms. The lowest BCUT2D eigenvalue weighted by atomic mass is 9.61. The Morgan fingerprint density at radius 3 is 2.77 bits per heavy atom. The number of hydrogen-bond acceptors (Lipinski definition) is 2. The van der Waals surface area contributed by atoms with E-state index in [1.807, 2.05) is 6.08 Å². The van der Waals surface area contributed by atoms with E-state index in [0.29, 0.717) is 5.92 Å². The number of nitrogens with zero attached hydrogens (tertiary/aromatic N) is 1. The van der Waals surface area contributed by atoms with Gasteiger partial charge in [0.2, 0.25) is 0 Å². The van der Waals surface area contributed by atoms with Crippen molar-refractivity contribution < 1.29 is 5.21 Å². The van der Waals surface area contributed by atoms with E-state index in [0.717, 1.165) is 12.1 Å². The molecule has 2 nitrogen and oxygen atoms in total. The molecule has 2 rings (SSSR count). The van der Waals surface area contributed by atoms with Crippen molar-refractivity contribution in [3.05, 3.63) is 12.2 Å². The van der Waals surface area contributed by atoms with Crippen LogP contribution in [0.4, 0.5) is 0 Å². The summed E-state index contributed by atoms with van der Waals surface area (Å²) in [5.74, 6) is 0.656. The zero-order valence-corrected chi connectivity index (χ0v) is 8.54. The van der Waals surface area contributed by atoms with E-state index in [1.54, 1.807) is 0 Å². The molecule has 0 unspecified atom stereocenters. The van der Waals surface area contributed by atoms with Crippen molar-refractivity contribution in [2.24, 2.45) is 21.9 Å². The van der Waals surface area contributed by atoms with Crippen molar-refractivity contribution in [1.29, 1.82) is 0 Å². The first-order valence-corrected chi connectivity index (χ1v) is 4.93. The third-order valence-corrected chi connectivity index (χ3v) is 4.46. The van der Waals surface area contributed by atoms with Crippen molar-refractivity contribution in [3.63, 3.8) is 0 Å². The highest BCUT2D eigenvalue weighted by Gasteiger charge is 2.55. The number of rotatable bonds is 0. The second-order valence-corrected chi connectivity index (χ2v) is 5.04. The molecule has 0 spiro atoms. The molecule has 1 fully saturated rings. The van der Waals surface area contributed by atoms with Crippen LogP contribution >= 0.6 is 0 Å². The summed E-state index contributed by atoms with van der Waals surface area (Å²) in [5, 5.41) is 12.4. The summed E-state index contributed by atoms with van der Waals surface area (Å²) in [7, 11) is 0. The van der Waals surface area contributed by atoms with Crippen LogP contribution in [0.25, 0.3) is 0 Å². The van der Waals surface area contributed by atoms with E-state index in [9.17, 15) is 0 Å². The van der Waals surface area contributed by atoms with Crippen LogP contribution in [0.1, 0.15) is 33.6 Å². The van der Waals surface area contributed by atoms with Gasteiger partial charge >= 0.3 is 0 Å². The topological polar surface area (TPSA) is 32.6 Å². The largest absolute Gasteiger partial charge is 0.411 e. The average Bonchev–Trinajstić information content (AvgIpc) is 2.24. The van der Waals surface area contributed by atoms with Crippen LogP contribution < -0.4 is 0 Å². The maximum Gasteiger partial charge on any atom is 0.0857 e. The third-order valence-electron chi connectivity index (χ3n) is 4.46. The van der Waals surface area contributed by atoms with Crippen LogP contribution in [-0.2, 0) is 0 Å². The molecule has 0 aromatic carbocycles. The van der Waals surface area contributed by atoms with Crippen molar-refractivity contribution in [1.82, 2.24) is 0 Å². The maximum atomic E-state index is 8.95. The highest BCUT2D eigenvalue weighted by Crippen LogP contribution is 2.59. The summed E-state index contributed by atoms with van der Waals surface area (Å²) in [5.41, 5.74) is 1.16. The zero-order chi connectivity index (χ0) is 9.69. The van der Waals surface area contributed by atoms with Crippen LogP contribution in [0, 0.1) is 16.7 Å². The fourth-order valence-electron chi connectivity index (χ4n) is 2.87. The molecule has 13 heavy (non-hydrogen) atoms. The lowest BCUT2D eigenvalue weighted by Crippen LogP contribution is -2.42. The molecular weight excluding hydrogens is 162 g/mol. The molecule has 2 heteroatoms. The summed E-state index contributed by atoms with van der Waals surface area (Å²) in [6, 6.07) is 0. The predicted octanol–water partition coefficient (Wildman–Crippen LogP) is 2.83. The Kier molecular flexibility index (Phi) is 1.60. The van der Waals surface area contributed by atoms with Gasteiger partial charge in [0.25, 0.3) is 0 Å². The molecule has 0 heterocycles. The summed E-state index contributed by atoms with van der Waals surface area (Å²) in [6.45, 7) is 6.77. The maximum absolute atomic E-state index is 8.95. The van der Waals surface area contributed by atoms with Gasteiger partial charge in [-0.1, -0.05) is 32.0 Å². The zero-order valence-electron chi connectivity index (χ0n) is 8.54. The van der Waals surface area contributed by atoms with Gasteiger partial charge in [-0.05, 0) is 30.3 Å². The van der Waals surface area contributed by atoms with E-state index in [4.69, 9.17) is 5.21 Å². The van der Waals surface area contributed by atoms with Crippen LogP contribution in [0.15, 0.2) is 17.3 Å². The lowest BCUT2D eigenvalue weighted by molar-refractivity contribution is 0.167. The second kappa shape index (κ2) is 2.37. The van der Waals surface area contributed by atoms with Gasteiger partial charge in [0.15, 0.2) is 0 Å². The van der Waals surface area contributed by atoms with E-state index >= 15 is 0 Å². The Morgan fingerprint density at radius 1 is 1.46 bits per heavy atom. The van der Waals surface area contributed by atoms with Crippen LogP contribution in [0.3, 0.4) is 0 Å². The Balaban J connectivity index is 2.54. The van der Waals surface area contributed by atoms with Gasteiger partial charge in [0.1, 0.15) is 0 Å². The standard InChI is InChI=1S/C11H17NO/c1-10(2)8-4-5-9(12-13)11(10,3)7-6-8/h4-5,8,13H,6-7H2,1-3H3/b12-9-/t8-,11-/m1/s1. The normalized spacial score (nSPS) is 44.2. The first kappa shape index (κ1) is 8.79. The molecule has 2 aliphatic carbocycles. The van der Waals surface area contributed by atoms with Gasteiger partial charge in [0, 0.05) is 5.41 Å². The van der Waals surface area contributed by atoms with Gasteiger partial charge in [-0.2, -0.15) is 0 Å². The van der Waals surface area contributed by atoms with Crippen molar-refractivity contribution in [3.8, 4) is 0 Å². The molecule has 2 atom stereocenters. The molecule has 0 aromatic heterocycles. The fourth-order valence-corrected chi connectivity index (χ4v) is 2.87. The quantitative estimate of drug-likeness (QED) is 0.450. The van der Waals surface area contributed by atoms with E-state index in [1.165, 1.54) is 6.42 Å². The number of allylic oxidation sites excluding steroid dienone is 2. The fraction of sp³-hybridized carbons (Fsp3) is 0.727. The first-order valence-electron chi connectivity index (χ1n) is 4.93. The molecule has 0 amide bonds. The summed E-state index contributed by atoms with van der Waals surface area (Å²) in [6.07, 6.45) is 6.54. The third kappa shape index (κ3) is 0.862. The summed E-state index contributed by atoms with van der Waals surface area (Å²) in [4.78, 5) is 0. The number of hydrogen-bond donors (Lipinski definition) is 1. The SMILES string of the molecule is CC1(C)[C@@H]2C=C/C(=N/O)[C@@]1(C)CC2. The highest BCUT2D eigenvalue weighted by atomic mass is 16.4. The van der Waals surface area contributed by atoms with E-state index in [2.05, 4.69) is 32.0 Å². The molecule has 0 radical (unpaired) electrons. The molecule has 1 saturated carbocycles. The minimum absolute atomic E-state index is 0.0706. The highest BCUT2D eigenvalue weighted by molar-refractivity contribution is 6.01. The molecule has 1 N–H and O–H groups in total. The van der Waals surface area contributed by atoms with Gasteiger partial charge in [-0.15, -0.1) is 0 Å². The minimum Gasteiger partial charge on any atom is -0.411 e. The molecular formula is C11H17NO. The van der Waals surface area contributed by atoms with Gasteiger partial charge < -0.3 is 5.21 Å². The lowest BCUT2D eigenvalue weighted by Gasteiger charge is -2.43. The van der Waals surface area contributed by atoms with Crippen molar-refractivity contribution in [2.45, 2.75) is 33.6 Å².